The van der Waals surface area contributed by atoms with Crippen LogP contribution in [-0.2, 0) is 4.74 Å². The largest absolute Gasteiger partial charge is 0.380 e. The van der Waals surface area contributed by atoms with Gasteiger partial charge in [0.25, 0.3) is 0 Å². The van der Waals surface area contributed by atoms with Crippen molar-refractivity contribution < 1.29 is 4.74 Å². The van der Waals surface area contributed by atoms with Gasteiger partial charge in [0.2, 0.25) is 0 Å². The maximum Gasteiger partial charge on any atom is 0.0645 e. The Morgan fingerprint density at radius 1 is 1.33 bits per heavy atom. The summed E-state index contributed by atoms with van der Waals surface area (Å²) in [6, 6.07) is 10.4. The molecule has 0 saturated heterocycles. The lowest BCUT2D eigenvalue weighted by molar-refractivity contribution is 0.138. The molecule has 0 bridgehead atoms. The van der Waals surface area contributed by atoms with Crippen molar-refractivity contribution in [2.45, 2.75) is 19.4 Å². The second-order valence-corrected chi connectivity index (χ2v) is 4.92. The molecule has 2 aromatic rings. The van der Waals surface area contributed by atoms with Crippen LogP contribution in [0.4, 0.5) is 0 Å². The second kappa shape index (κ2) is 8.39. The SMILES string of the molecule is C=CCCOCCNC(C)c1cnn(-c2ccccc2)c1. The topological polar surface area (TPSA) is 39.1 Å². The molecule has 0 aliphatic rings. The number of rotatable bonds is 9. The summed E-state index contributed by atoms with van der Waals surface area (Å²) in [4.78, 5) is 0. The molecule has 0 fully saturated rings. The fraction of sp³-hybridized carbons (Fsp3) is 0.353. The van der Waals surface area contributed by atoms with E-state index in [2.05, 4.69) is 30.1 Å². The number of nitrogens with one attached hydrogen (secondary N) is 1. The zero-order valence-corrected chi connectivity index (χ0v) is 12.5. The van der Waals surface area contributed by atoms with Gasteiger partial charge in [0.1, 0.15) is 0 Å². The molecule has 0 aliphatic heterocycles. The molecule has 4 nitrogen and oxygen atoms in total. The van der Waals surface area contributed by atoms with Gasteiger partial charge in [-0.15, -0.1) is 6.58 Å². The summed E-state index contributed by atoms with van der Waals surface area (Å²) in [6.45, 7) is 8.09. The van der Waals surface area contributed by atoms with Crippen LogP contribution in [0.2, 0.25) is 0 Å². The predicted molar refractivity (Wildman–Crippen MR) is 85.6 cm³/mol. The summed E-state index contributed by atoms with van der Waals surface area (Å²) in [5.74, 6) is 0. The van der Waals surface area contributed by atoms with Crippen LogP contribution in [0.25, 0.3) is 5.69 Å². The molecule has 112 valence electrons. The molecule has 0 spiro atoms. The lowest BCUT2D eigenvalue weighted by Crippen LogP contribution is -2.23. The van der Waals surface area contributed by atoms with Gasteiger partial charge in [0.15, 0.2) is 0 Å². The van der Waals surface area contributed by atoms with Crippen molar-refractivity contribution in [3.63, 3.8) is 0 Å². The van der Waals surface area contributed by atoms with E-state index in [0.717, 1.165) is 25.3 Å². The molecular formula is C17H23N3O. The predicted octanol–water partition coefficient (Wildman–Crippen LogP) is 3.12. The van der Waals surface area contributed by atoms with Gasteiger partial charge in [0, 0.05) is 24.3 Å². The highest BCUT2D eigenvalue weighted by atomic mass is 16.5. The monoisotopic (exact) mass is 285 g/mol. The normalized spacial score (nSPS) is 12.2. The van der Waals surface area contributed by atoms with Gasteiger partial charge in [-0.1, -0.05) is 24.3 Å². The van der Waals surface area contributed by atoms with Gasteiger partial charge in [0.05, 0.1) is 25.1 Å². The van der Waals surface area contributed by atoms with E-state index in [1.807, 2.05) is 47.3 Å². The second-order valence-electron chi connectivity index (χ2n) is 4.92. The van der Waals surface area contributed by atoms with Crippen LogP contribution in [-0.4, -0.2) is 29.5 Å². The van der Waals surface area contributed by atoms with Crippen LogP contribution in [0.3, 0.4) is 0 Å². The number of para-hydroxylation sites is 1. The third-order valence-electron chi connectivity index (χ3n) is 3.29. The molecule has 4 heteroatoms. The summed E-state index contributed by atoms with van der Waals surface area (Å²) < 4.78 is 7.38. The number of hydrogen-bond donors (Lipinski definition) is 1. The van der Waals surface area contributed by atoms with E-state index in [1.54, 1.807) is 0 Å². The van der Waals surface area contributed by atoms with Crippen molar-refractivity contribution >= 4 is 0 Å². The molecule has 0 saturated carbocycles. The third-order valence-corrected chi connectivity index (χ3v) is 3.29. The minimum absolute atomic E-state index is 0.255. The molecule has 1 N–H and O–H groups in total. The molecule has 1 aromatic heterocycles. The first-order valence-electron chi connectivity index (χ1n) is 7.33. The van der Waals surface area contributed by atoms with Gasteiger partial charge >= 0.3 is 0 Å². The van der Waals surface area contributed by atoms with Crippen molar-refractivity contribution in [2.24, 2.45) is 0 Å². The maximum atomic E-state index is 5.48. The van der Waals surface area contributed by atoms with E-state index in [-0.39, 0.29) is 6.04 Å². The van der Waals surface area contributed by atoms with Gasteiger partial charge in [-0.05, 0) is 25.5 Å². The van der Waals surface area contributed by atoms with Crippen molar-refractivity contribution in [2.75, 3.05) is 19.8 Å². The quantitative estimate of drug-likeness (QED) is 0.568. The number of nitrogens with zero attached hydrogens (tertiary/aromatic N) is 2. The highest BCUT2D eigenvalue weighted by Crippen LogP contribution is 2.13. The molecule has 21 heavy (non-hydrogen) atoms. The summed E-state index contributed by atoms with van der Waals surface area (Å²) >= 11 is 0. The highest BCUT2D eigenvalue weighted by Gasteiger charge is 2.07. The highest BCUT2D eigenvalue weighted by molar-refractivity contribution is 5.31. The minimum atomic E-state index is 0.255. The molecule has 1 aromatic carbocycles. The van der Waals surface area contributed by atoms with Gasteiger partial charge in [-0.3, -0.25) is 0 Å². The molecule has 0 amide bonds. The third kappa shape index (κ3) is 4.85. The molecule has 1 atom stereocenters. The van der Waals surface area contributed by atoms with Crippen LogP contribution in [0, 0.1) is 0 Å². The van der Waals surface area contributed by atoms with Crippen LogP contribution < -0.4 is 5.32 Å². The van der Waals surface area contributed by atoms with Crippen molar-refractivity contribution in [3.8, 4) is 5.69 Å². The van der Waals surface area contributed by atoms with E-state index >= 15 is 0 Å². The Morgan fingerprint density at radius 2 is 2.14 bits per heavy atom. The number of aromatic nitrogens is 2. The Bertz CT molecular complexity index is 536. The first-order valence-corrected chi connectivity index (χ1v) is 7.33. The van der Waals surface area contributed by atoms with E-state index in [0.29, 0.717) is 6.61 Å². The average Bonchev–Trinajstić information content (AvgIpc) is 3.01. The molecule has 0 radical (unpaired) electrons. The Labute approximate surface area is 126 Å². The standard InChI is InChI=1S/C17H23N3O/c1-3-4-11-21-12-10-18-15(2)16-13-19-20(14-16)17-8-6-5-7-9-17/h3,5-9,13-15,18H,1,4,10-12H2,2H3. The average molecular weight is 285 g/mol. The molecule has 1 unspecified atom stereocenters. The molecule has 0 aliphatic carbocycles. The first kappa shape index (κ1) is 15.5. The zero-order valence-electron chi connectivity index (χ0n) is 12.5. The number of hydrogen-bond acceptors (Lipinski definition) is 3. The summed E-state index contributed by atoms with van der Waals surface area (Å²) in [6.07, 6.45) is 6.74. The van der Waals surface area contributed by atoms with Crippen molar-refractivity contribution in [1.29, 1.82) is 0 Å². The minimum Gasteiger partial charge on any atom is -0.380 e. The number of ether oxygens (including phenoxy) is 1. The zero-order chi connectivity index (χ0) is 14.9. The lowest BCUT2D eigenvalue weighted by atomic mass is 10.2. The fourth-order valence-corrected chi connectivity index (χ4v) is 2.02. The Morgan fingerprint density at radius 3 is 2.90 bits per heavy atom. The van der Waals surface area contributed by atoms with Gasteiger partial charge < -0.3 is 10.1 Å². The van der Waals surface area contributed by atoms with Crippen LogP contribution in [0.1, 0.15) is 24.9 Å². The molecular weight excluding hydrogens is 262 g/mol. The molecule has 2 rings (SSSR count). The van der Waals surface area contributed by atoms with Gasteiger partial charge in [-0.2, -0.15) is 5.10 Å². The first-order chi connectivity index (χ1) is 10.3. The summed E-state index contributed by atoms with van der Waals surface area (Å²) in [7, 11) is 0. The van der Waals surface area contributed by atoms with Crippen LogP contribution in [0.5, 0.6) is 0 Å². The maximum absolute atomic E-state index is 5.48. The van der Waals surface area contributed by atoms with E-state index in [1.165, 1.54) is 5.56 Å². The Kier molecular flexibility index (Phi) is 6.19. The van der Waals surface area contributed by atoms with E-state index in [9.17, 15) is 0 Å². The fourth-order valence-electron chi connectivity index (χ4n) is 2.02. The smallest absolute Gasteiger partial charge is 0.0645 e. The van der Waals surface area contributed by atoms with Crippen LogP contribution in [0.15, 0.2) is 55.4 Å². The Balaban J connectivity index is 1.79. The lowest BCUT2D eigenvalue weighted by Gasteiger charge is -2.11. The van der Waals surface area contributed by atoms with Crippen LogP contribution >= 0.6 is 0 Å². The Hall–Kier alpha value is -1.91. The molecule has 1 heterocycles. The van der Waals surface area contributed by atoms with Crippen molar-refractivity contribution in [1.82, 2.24) is 15.1 Å². The van der Waals surface area contributed by atoms with E-state index in [4.69, 9.17) is 4.74 Å². The van der Waals surface area contributed by atoms with Gasteiger partial charge in [-0.25, -0.2) is 4.68 Å². The van der Waals surface area contributed by atoms with Crippen molar-refractivity contribution in [3.05, 3.63) is 60.9 Å². The number of benzene rings is 1. The van der Waals surface area contributed by atoms with E-state index < -0.39 is 0 Å². The summed E-state index contributed by atoms with van der Waals surface area (Å²) in [5, 5.41) is 7.85. The summed E-state index contributed by atoms with van der Waals surface area (Å²) in [5.41, 5.74) is 2.24.